The summed E-state index contributed by atoms with van der Waals surface area (Å²) in [6.07, 6.45) is -5.33. The highest BCUT2D eigenvalue weighted by Gasteiger charge is 2.44. The summed E-state index contributed by atoms with van der Waals surface area (Å²) in [6, 6.07) is 17.1. The number of hydrogen-bond donors (Lipinski definition) is 5. The molecule has 5 N–H and O–H groups in total. The third-order valence-electron chi connectivity index (χ3n) is 4.41. The Hall–Kier alpha value is -1.94. The molecule has 1 aliphatic rings. The minimum Gasteiger partial charge on any atom is -0.410 e. The highest BCUT2D eigenvalue weighted by molar-refractivity contribution is 8.14. The van der Waals surface area contributed by atoms with Crippen LogP contribution in [0.5, 0.6) is 0 Å². The predicted molar refractivity (Wildman–Crippen MR) is 102 cm³/mol. The van der Waals surface area contributed by atoms with Gasteiger partial charge in [0.05, 0.1) is 6.61 Å². The van der Waals surface area contributed by atoms with Gasteiger partial charge in [-0.05, 0) is 11.1 Å². The molecule has 0 spiro atoms. The number of aliphatic hydroxyl groups excluding tert-OH is 4. The second-order valence-electron chi connectivity index (χ2n) is 6.16. The zero-order valence-electron chi connectivity index (χ0n) is 14.3. The van der Waals surface area contributed by atoms with Crippen LogP contribution < -0.4 is 0 Å². The fourth-order valence-electron chi connectivity index (χ4n) is 2.86. The highest BCUT2D eigenvalue weighted by atomic mass is 32.2. The maximum atomic E-state index is 10.1. The van der Waals surface area contributed by atoms with E-state index in [9.17, 15) is 25.6 Å². The molecule has 1 heterocycles. The fraction of sp³-hybridized carbons (Fsp3) is 0.316. The summed E-state index contributed by atoms with van der Waals surface area (Å²) in [6.45, 7) is -0.515. The minimum absolute atomic E-state index is 0.180. The van der Waals surface area contributed by atoms with Crippen LogP contribution in [0.2, 0.25) is 0 Å². The molecular weight excluding hydrogens is 370 g/mol. The Morgan fingerprint density at radius 1 is 0.889 bits per heavy atom. The van der Waals surface area contributed by atoms with Gasteiger partial charge in [0, 0.05) is 5.56 Å². The lowest BCUT2D eigenvalue weighted by molar-refractivity contribution is -0.205. The molecule has 0 aromatic heterocycles. The van der Waals surface area contributed by atoms with Gasteiger partial charge >= 0.3 is 0 Å². The molecule has 5 atom stereocenters. The molecule has 0 radical (unpaired) electrons. The van der Waals surface area contributed by atoms with E-state index >= 15 is 0 Å². The van der Waals surface area contributed by atoms with Gasteiger partial charge in [0.2, 0.25) is 0 Å². The number of thioether (sulfide) groups is 1. The number of nitrogens with zero attached hydrogens (tertiary/aromatic N) is 1. The van der Waals surface area contributed by atoms with Crippen molar-refractivity contribution in [1.82, 2.24) is 0 Å². The van der Waals surface area contributed by atoms with Crippen molar-refractivity contribution in [2.75, 3.05) is 6.61 Å². The van der Waals surface area contributed by atoms with Crippen LogP contribution in [-0.4, -0.2) is 67.1 Å². The molecule has 1 fully saturated rings. The van der Waals surface area contributed by atoms with Gasteiger partial charge < -0.3 is 30.4 Å². The Balaban J connectivity index is 1.75. The lowest BCUT2D eigenvalue weighted by Gasteiger charge is -2.39. The Bertz CT molecular complexity index is 768. The molecule has 7 nitrogen and oxygen atoms in total. The molecule has 27 heavy (non-hydrogen) atoms. The molecule has 0 bridgehead atoms. The van der Waals surface area contributed by atoms with Crippen molar-refractivity contribution >= 4 is 16.8 Å². The third-order valence-corrected chi connectivity index (χ3v) is 5.57. The van der Waals surface area contributed by atoms with Crippen LogP contribution in [0.1, 0.15) is 5.56 Å². The Kier molecular flexibility index (Phi) is 6.48. The normalized spacial score (nSPS) is 28.9. The van der Waals surface area contributed by atoms with Gasteiger partial charge in [-0.15, -0.1) is 0 Å². The predicted octanol–water partition coefficient (Wildman–Crippen LogP) is 1.02. The first kappa shape index (κ1) is 19.8. The fourth-order valence-corrected chi connectivity index (χ4v) is 3.90. The van der Waals surface area contributed by atoms with E-state index in [-0.39, 0.29) is 5.04 Å². The smallest absolute Gasteiger partial charge is 0.145 e. The first-order valence-corrected chi connectivity index (χ1v) is 9.28. The summed E-state index contributed by atoms with van der Waals surface area (Å²) in [5.74, 6) is 0. The van der Waals surface area contributed by atoms with E-state index in [2.05, 4.69) is 5.16 Å². The molecular formula is C19H21NO6S. The Morgan fingerprint density at radius 3 is 2.11 bits per heavy atom. The standard InChI is InChI=1S/C19H21NO6S/c21-10-14-15(22)16(23)17(24)19(26-14)27-18(20-25)13-8-6-12(7-9-13)11-4-2-1-3-5-11/h1-9,14-17,19,21-25H,10H2/b20-18-/t14-,15-,16+,17-,19+/m1/s1. The van der Waals surface area contributed by atoms with E-state index in [4.69, 9.17) is 4.74 Å². The van der Waals surface area contributed by atoms with E-state index in [0.717, 1.165) is 22.9 Å². The Labute approximate surface area is 160 Å². The molecule has 144 valence electrons. The van der Waals surface area contributed by atoms with Crippen LogP contribution in [0.15, 0.2) is 59.8 Å². The van der Waals surface area contributed by atoms with Crippen molar-refractivity contribution in [3.8, 4) is 11.1 Å². The Morgan fingerprint density at radius 2 is 1.52 bits per heavy atom. The van der Waals surface area contributed by atoms with E-state index < -0.39 is 36.5 Å². The van der Waals surface area contributed by atoms with Gasteiger partial charge in [-0.3, -0.25) is 0 Å². The quantitative estimate of drug-likeness (QED) is 0.228. The number of rotatable bonds is 4. The van der Waals surface area contributed by atoms with Crippen molar-refractivity contribution in [3.63, 3.8) is 0 Å². The zero-order chi connectivity index (χ0) is 19.4. The number of benzene rings is 2. The number of hydrogen-bond acceptors (Lipinski definition) is 8. The van der Waals surface area contributed by atoms with Gasteiger partial charge in [-0.25, -0.2) is 0 Å². The first-order valence-electron chi connectivity index (χ1n) is 8.40. The molecule has 0 aliphatic carbocycles. The van der Waals surface area contributed by atoms with Gasteiger partial charge in [-0.1, -0.05) is 71.5 Å². The van der Waals surface area contributed by atoms with E-state index in [1.165, 1.54) is 0 Å². The average Bonchev–Trinajstić information content (AvgIpc) is 2.72. The van der Waals surface area contributed by atoms with Crippen LogP contribution in [0.3, 0.4) is 0 Å². The van der Waals surface area contributed by atoms with Crippen molar-refractivity contribution in [1.29, 1.82) is 0 Å². The van der Waals surface area contributed by atoms with E-state index in [1.807, 2.05) is 42.5 Å². The zero-order valence-corrected chi connectivity index (χ0v) is 15.1. The average molecular weight is 391 g/mol. The molecule has 3 rings (SSSR count). The van der Waals surface area contributed by atoms with Crippen molar-refractivity contribution in [2.24, 2.45) is 5.16 Å². The SMILES string of the molecule is OC[C@H]1O[C@@H](S/C(=N\O)c2ccc(-c3ccccc3)cc2)[C@H](O)[C@@H](O)[C@@H]1O. The largest absolute Gasteiger partial charge is 0.410 e. The van der Waals surface area contributed by atoms with Gasteiger partial charge in [-0.2, -0.15) is 0 Å². The van der Waals surface area contributed by atoms with Crippen LogP contribution in [-0.2, 0) is 4.74 Å². The summed E-state index contributed by atoms with van der Waals surface area (Å²) >= 11 is 0.899. The summed E-state index contributed by atoms with van der Waals surface area (Å²) in [7, 11) is 0. The van der Waals surface area contributed by atoms with Crippen LogP contribution in [0, 0.1) is 0 Å². The molecule has 8 heteroatoms. The topological polar surface area (TPSA) is 123 Å². The maximum absolute atomic E-state index is 10.1. The monoisotopic (exact) mass is 391 g/mol. The van der Waals surface area contributed by atoms with Gasteiger partial charge in [0.25, 0.3) is 0 Å². The summed E-state index contributed by atoms with van der Waals surface area (Å²) in [4.78, 5) is 0. The van der Waals surface area contributed by atoms with Crippen LogP contribution >= 0.6 is 11.8 Å². The highest BCUT2D eigenvalue weighted by Crippen LogP contribution is 2.31. The molecule has 0 amide bonds. The summed E-state index contributed by atoms with van der Waals surface area (Å²) < 4.78 is 5.44. The second-order valence-corrected chi connectivity index (χ2v) is 7.25. The lowest BCUT2D eigenvalue weighted by atomic mass is 10.0. The molecule has 0 saturated carbocycles. The maximum Gasteiger partial charge on any atom is 0.145 e. The molecule has 1 aliphatic heterocycles. The molecule has 2 aromatic rings. The van der Waals surface area contributed by atoms with Crippen molar-refractivity contribution in [3.05, 3.63) is 60.2 Å². The summed E-state index contributed by atoms with van der Waals surface area (Å²) in [5.41, 5.74) is 1.63. The van der Waals surface area contributed by atoms with E-state index in [0.29, 0.717) is 5.56 Å². The van der Waals surface area contributed by atoms with Gasteiger partial charge in [0.15, 0.2) is 0 Å². The van der Waals surface area contributed by atoms with Crippen molar-refractivity contribution < 1.29 is 30.4 Å². The molecule has 2 aromatic carbocycles. The van der Waals surface area contributed by atoms with Crippen LogP contribution in [0.4, 0.5) is 0 Å². The van der Waals surface area contributed by atoms with Gasteiger partial charge in [0.1, 0.15) is 34.9 Å². The second kappa shape index (κ2) is 8.83. The minimum atomic E-state index is -1.48. The first-order chi connectivity index (χ1) is 13.0. The molecule has 1 saturated heterocycles. The number of oxime groups is 1. The van der Waals surface area contributed by atoms with Crippen LogP contribution in [0.25, 0.3) is 11.1 Å². The van der Waals surface area contributed by atoms with E-state index in [1.54, 1.807) is 12.1 Å². The number of aliphatic hydroxyl groups is 4. The number of ether oxygens (including phenoxy) is 1. The van der Waals surface area contributed by atoms with Crippen molar-refractivity contribution in [2.45, 2.75) is 29.9 Å². The molecule has 0 unspecified atom stereocenters. The summed E-state index contributed by atoms with van der Waals surface area (Å²) in [5, 5.41) is 52.0. The lowest BCUT2D eigenvalue weighted by Crippen LogP contribution is -2.57. The third kappa shape index (κ3) is 4.32.